The molecule has 0 aliphatic heterocycles. The molecule has 0 saturated carbocycles. The molecule has 0 aliphatic carbocycles. The maximum atomic E-state index is 5.83. The zero-order valence-corrected chi connectivity index (χ0v) is 10.8. The molecule has 1 heterocycles. The van der Waals surface area contributed by atoms with Crippen molar-refractivity contribution in [3.8, 4) is 5.75 Å². The Hall–Kier alpha value is -1.88. The summed E-state index contributed by atoms with van der Waals surface area (Å²) in [6.07, 6.45) is 0. The Kier molecular flexibility index (Phi) is 3.62. The highest BCUT2D eigenvalue weighted by Gasteiger charge is 2.08. The van der Waals surface area contributed by atoms with Gasteiger partial charge < -0.3 is 10.5 Å². The van der Waals surface area contributed by atoms with Gasteiger partial charge in [-0.2, -0.15) is 0 Å². The number of aromatic nitrogens is 2. The average Bonchev–Trinajstić information content (AvgIpc) is 2.73. The lowest BCUT2D eigenvalue weighted by Gasteiger charge is -2.11. The van der Waals surface area contributed by atoms with Crippen molar-refractivity contribution in [3.63, 3.8) is 0 Å². The Morgan fingerprint density at radius 1 is 1.33 bits per heavy atom. The van der Waals surface area contributed by atoms with Crippen molar-refractivity contribution in [3.05, 3.63) is 40.7 Å². The first-order valence-corrected chi connectivity index (χ1v) is 5.85. The summed E-state index contributed by atoms with van der Waals surface area (Å²) in [5, 5.41) is 7.48. The van der Waals surface area contributed by atoms with E-state index in [9.17, 15) is 0 Å². The zero-order chi connectivity index (χ0) is 13.1. The number of rotatable bonds is 4. The fraction of sp³-hybridized carbons (Fsp3) is 0.385. The van der Waals surface area contributed by atoms with Gasteiger partial charge in [0, 0.05) is 6.04 Å². The van der Waals surface area contributed by atoms with E-state index < -0.39 is 0 Å². The summed E-state index contributed by atoms with van der Waals surface area (Å²) in [4.78, 5) is 0. The van der Waals surface area contributed by atoms with Gasteiger partial charge in [-0.3, -0.25) is 0 Å². The maximum absolute atomic E-state index is 5.83. The molecule has 0 fully saturated rings. The van der Waals surface area contributed by atoms with Gasteiger partial charge in [-0.05, 0) is 38.0 Å². The van der Waals surface area contributed by atoms with Crippen LogP contribution in [0.25, 0.3) is 0 Å². The summed E-state index contributed by atoms with van der Waals surface area (Å²) in [5.41, 5.74) is 9.45. The first-order chi connectivity index (χ1) is 8.58. The highest BCUT2D eigenvalue weighted by atomic mass is 16.6. The minimum atomic E-state index is 0.0275. The number of hydrogen-bond acceptors (Lipinski definition) is 5. The topological polar surface area (TPSA) is 74.2 Å². The Morgan fingerprint density at radius 3 is 2.67 bits per heavy atom. The highest BCUT2D eigenvalue weighted by Crippen LogP contribution is 2.22. The Balaban J connectivity index is 2.08. The van der Waals surface area contributed by atoms with E-state index in [0.29, 0.717) is 12.3 Å². The second kappa shape index (κ2) is 5.18. The van der Waals surface area contributed by atoms with Crippen LogP contribution in [0.5, 0.6) is 5.75 Å². The number of nitrogens with zero attached hydrogens (tertiary/aromatic N) is 2. The molecule has 0 radical (unpaired) electrons. The minimum absolute atomic E-state index is 0.0275. The molecular weight excluding hydrogens is 230 g/mol. The molecule has 5 nitrogen and oxygen atoms in total. The molecule has 1 aromatic carbocycles. The minimum Gasteiger partial charge on any atom is -0.487 e. The monoisotopic (exact) mass is 247 g/mol. The van der Waals surface area contributed by atoms with Crippen molar-refractivity contribution in [2.75, 3.05) is 0 Å². The van der Waals surface area contributed by atoms with Gasteiger partial charge in [0.1, 0.15) is 23.7 Å². The lowest BCUT2D eigenvalue weighted by atomic mass is 10.1. The summed E-state index contributed by atoms with van der Waals surface area (Å²) in [5.74, 6) is 0.821. The van der Waals surface area contributed by atoms with Crippen LogP contribution in [0.15, 0.2) is 22.8 Å². The van der Waals surface area contributed by atoms with Crippen LogP contribution in [-0.4, -0.2) is 10.3 Å². The van der Waals surface area contributed by atoms with Gasteiger partial charge >= 0.3 is 0 Å². The van der Waals surface area contributed by atoms with Crippen LogP contribution in [-0.2, 0) is 6.61 Å². The van der Waals surface area contributed by atoms with E-state index in [2.05, 4.69) is 14.9 Å². The molecule has 96 valence electrons. The maximum Gasteiger partial charge on any atom is 0.145 e. The molecule has 18 heavy (non-hydrogen) atoms. The molecule has 0 aliphatic rings. The standard InChI is InChI=1S/C13H17N3O2/c1-8-6-11(9(2)14)4-5-13(8)17-7-12-10(3)15-18-16-12/h4-6,9H,7,14H2,1-3H3/t9-/m0/s1. The van der Waals surface area contributed by atoms with Gasteiger partial charge in [-0.15, -0.1) is 0 Å². The van der Waals surface area contributed by atoms with Crippen LogP contribution in [0.1, 0.15) is 35.5 Å². The quantitative estimate of drug-likeness (QED) is 0.897. The molecule has 0 bridgehead atoms. The summed E-state index contributed by atoms with van der Waals surface area (Å²) in [7, 11) is 0. The van der Waals surface area contributed by atoms with Crippen molar-refractivity contribution in [2.45, 2.75) is 33.4 Å². The average molecular weight is 247 g/mol. The molecule has 1 atom stereocenters. The molecule has 1 aromatic heterocycles. The largest absolute Gasteiger partial charge is 0.487 e. The highest BCUT2D eigenvalue weighted by molar-refractivity contribution is 5.37. The van der Waals surface area contributed by atoms with E-state index in [1.54, 1.807) is 0 Å². The van der Waals surface area contributed by atoms with E-state index in [4.69, 9.17) is 10.5 Å². The van der Waals surface area contributed by atoms with Crippen molar-refractivity contribution in [1.29, 1.82) is 0 Å². The molecule has 2 rings (SSSR count). The van der Waals surface area contributed by atoms with Crippen molar-refractivity contribution in [1.82, 2.24) is 10.3 Å². The number of hydrogen-bond donors (Lipinski definition) is 1. The van der Waals surface area contributed by atoms with Crippen LogP contribution in [0.2, 0.25) is 0 Å². The fourth-order valence-corrected chi connectivity index (χ4v) is 1.64. The van der Waals surface area contributed by atoms with Crippen LogP contribution in [0.3, 0.4) is 0 Å². The third-order valence-electron chi connectivity index (χ3n) is 2.84. The third-order valence-corrected chi connectivity index (χ3v) is 2.84. The number of nitrogens with two attached hydrogens (primary N) is 1. The Labute approximate surface area is 106 Å². The zero-order valence-electron chi connectivity index (χ0n) is 10.8. The number of ether oxygens (including phenoxy) is 1. The predicted molar refractivity (Wildman–Crippen MR) is 67.1 cm³/mol. The van der Waals surface area contributed by atoms with Gasteiger partial charge in [-0.1, -0.05) is 22.4 Å². The van der Waals surface area contributed by atoms with Gasteiger partial charge in [0.15, 0.2) is 0 Å². The van der Waals surface area contributed by atoms with E-state index in [1.807, 2.05) is 39.0 Å². The SMILES string of the molecule is Cc1cc([C@H](C)N)ccc1OCc1nonc1C. The van der Waals surface area contributed by atoms with Gasteiger partial charge in [-0.25, -0.2) is 4.63 Å². The second-order valence-corrected chi connectivity index (χ2v) is 4.40. The molecule has 0 amide bonds. The van der Waals surface area contributed by atoms with E-state index in [1.165, 1.54) is 0 Å². The molecule has 2 aromatic rings. The molecule has 5 heteroatoms. The molecule has 0 unspecified atom stereocenters. The molecule has 0 spiro atoms. The van der Waals surface area contributed by atoms with Crippen LogP contribution >= 0.6 is 0 Å². The Morgan fingerprint density at radius 2 is 2.11 bits per heavy atom. The number of benzene rings is 1. The smallest absolute Gasteiger partial charge is 0.145 e. The molecule has 0 saturated heterocycles. The summed E-state index contributed by atoms with van der Waals surface area (Å²) in [6, 6.07) is 5.96. The fourth-order valence-electron chi connectivity index (χ4n) is 1.64. The third kappa shape index (κ3) is 2.68. The molecular formula is C13H17N3O2. The number of aryl methyl sites for hydroxylation is 2. The summed E-state index contributed by atoms with van der Waals surface area (Å²) in [6.45, 7) is 6.14. The van der Waals surface area contributed by atoms with Crippen LogP contribution in [0, 0.1) is 13.8 Å². The predicted octanol–water partition coefficient (Wildman–Crippen LogP) is 2.29. The van der Waals surface area contributed by atoms with E-state index in [0.717, 1.165) is 22.6 Å². The lowest BCUT2D eigenvalue weighted by Crippen LogP contribution is -2.06. The van der Waals surface area contributed by atoms with E-state index >= 15 is 0 Å². The van der Waals surface area contributed by atoms with Crippen molar-refractivity contribution in [2.24, 2.45) is 5.73 Å². The summed E-state index contributed by atoms with van der Waals surface area (Å²) < 4.78 is 10.3. The first-order valence-electron chi connectivity index (χ1n) is 5.85. The Bertz CT molecular complexity index is 535. The summed E-state index contributed by atoms with van der Waals surface area (Å²) >= 11 is 0. The second-order valence-electron chi connectivity index (χ2n) is 4.40. The van der Waals surface area contributed by atoms with Crippen molar-refractivity contribution < 1.29 is 9.37 Å². The van der Waals surface area contributed by atoms with Gasteiger partial charge in [0.25, 0.3) is 0 Å². The first kappa shape index (κ1) is 12.6. The van der Waals surface area contributed by atoms with Crippen molar-refractivity contribution >= 4 is 0 Å². The molecule has 2 N–H and O–H groups in total. The van der Waals surface area contributed by atoms with Gasteiger partial charge in [0.2, 0.25) is 0 Å². The van der Waals surface area contributed by atoms with Crippen LogP contribution < -0.4 is 10.5 Å². The normalized spacial score (nSPS) is 12.4. The van der Waals surface area contributed by atoms with Gasteiger partial charge in [0.05, 0.1) is 0 Å². The lowest BCUT2D eigenvalue weighted by molar-refractivity contribution is 0.269. The van der Waals surface area contributed by atoms with E-state index in [-0.39, 0.29) is 6.04 Å². The van der Waals surface area contributed by atoms with Crippen LogP contribution in [0.4, 0.5) is 0 Å².